The Kier molecular flexibility index (Phi) is 4.38. The van der Waals surface area contributed by atoms with Crippen LogP contribution in [0.5, 0.6) is 0 Å². The first kappa shape index (κ1) is 13.8. The third-order valence-electron chi connectivity index (χ3n) is 3.14. The van der Waals surface area contributed by atoms with Crippen LogP contribution in [0.3, 0.4) is 0 Å². The highest BCUT2D eigenvalue weighted by molar-refractivity contribution is 7.12. The van der Waals surface area contributed by atoms with Gasteiger partial charge in [-0.2, -0.15) is 0 Å². The van der Waals surface area contributed by atoms with E-state index in [1.54, 1.807) is 4.90 Å². The van der Waals surface area contributed by atoms with Crippen molar-refractivity contribution in [3.8, 4) is 0 Å². The highest BCUT2D eigenvalue weighted by Crippen LogP contribution is 2.17. The van der Waals surface area contributed by atoms with E-state index in [0.29, 0.717) is 12.5 Å². The van der Waals surface area contributed by atoms with E-state index in [9.17, 15) is 4.79 Å². The van der Waals surface area contributed by atoms with Crippen molar-refractivity contribution in [3.05, 3.63) is 57.8 Å². The zero-order valence-corrected chi connectivity index (χ0v) is 12.4. The number of benzene rings is 1. The first-order chi connectivity index (χ1) is 9.08. The molecule has 0 spiro atoms. The number of hydrogen-bond acceptors (Lipinski definition) is 2. The molecule has 0 N–H and O–H groups in total. The molecule has 100 valence electrons. The molecule has 0 bridgehead atoms. The van der Waals surface area contributed by atoms with Gasteiger partial charge in [-0.15, -0.1) is 11.3 Å². The van der Waals surface area contributed by atoms with Gasteiger partial charge in [0.05, 0.1) is 4.88 Å². The van der Waals surface area contributed by atoms with Crippen molar-refractivity contribution in [2.24, 2.45) is 0 Å². The number of amides is 1. The normalized spacial score (nSPS) is 10.7. The smallest absolute Gasteiger partial charge is 0.263 e. The summed E-state index contributed by atoms with van der Waals surface area (Å²) >= 11 is 1.49. The zero-order chi connectivity index (χ0) is 13.8. The van der Waals surface area contributed by atoms with E-state index >= 15 is 0 Å². The van der Waals surface area contributed by atoms with Gasteiger partial charge in [-0.3, -0.25) is 4.79 Å². The fourth-order valence-corrected chi connectivity index (χ4v) is 2.66. The summed E-state index contributed by atoms with van der Waals surface area (Å²) in [5.41, 5.74) is 2.49. The first-order valence-corrected chi connectivity index (χ1v) is 7.33. The van der Waals surface area contributed by atoms with Crippen molar-refractivity contribution < 1.29 is 4.79 Å². The molecule has 1 heterocycles. The Morgan fingerprint density at radius 3 is 2.42 bits per heavy atom. The molecule has 3 heteroatoms. The third kappa shape index (κ3) is 3.44. The van der Waals surface area contributed by atoms with Crippen LogP contribution in [-0.4, -0.2) is 17.9 Å². The second-order valence-corrected chi connectivity index (χ2v) is 5.98. The molecule has 2 rings (SSSR count). The van der Waals surface area contributed by atoms with Gasteiger partial charge in [0, 0.05) is 13.6 Å². The topological polar surface area (TPSA) is 20.3 Å². The van der Waals surface area contributed by atoms with Gasteiger partial charge in [-0.1, -0.05) is 44.2 Å². The molecule has 0 aliphatic carbocycles. The monoisotopic (exact) mass is 273 g/mol. The zero-order valence-electron chi connectivity index (χ0n) is 11.6. The van der Waals surface area contributed by atoms with Crippen LogP contribution in [0.15, 0.2) is 41.8 Å². The van der Waals surface area contributed by atoms with Crippen molar-refractivity contribution in [2.75, 3.05) is 7.05 Å². The van der Waals surface area contributed by atoms with Crippen molar-refractivity contribution in [2.45, 2.75) is 26.3 Å². The van der Waals surface area contributed by atoms with E-state index in [2.05, 4.69) is 38.1 Å². The van der Waals surface area contributed by atoms with Gasteiger partial charge < -0.3 is 4.90 Å². The number of hydrogen-bond donors (Lipinski definition) is 0. The lowest BCUT2D eigenvalue weighted by Crippen LogP contribution is -2.25. The summed E-state index contributed by atoms with van der Waals surface area (Å²) in [5, 5.41) is 1.93. The summed E-state index contributed by atoms with van der Waals surface area (Å²) < 4.78 is 0. The summed E-state index contributed by atoms with van der Waals surface area (Å²) in [6.07, 6.45) is 0. The molecular weight excluding hydrogens is 254 g/mol. The summed E-state index contributed by atoms with van der Waals surface area (Å²) in [5.74, 6) is 0.627. The molecule has 0 atom stereocenters. The van der Waals surface area contributed by atoms with Crippen LogP contribution in [0.25, 0.3) is 0 Å². The average Bonchev–Trinajstić information content (AvgIpc) is 2.92. The molecule has 0 saturated heterocycles. The highest BCUT2D eigenvalue weighted by atomic mass is 32.1. The maximum absolute atomic E-state index is 12.1. The molecule has 1 aromatic carbocycles. The van der Waals surface area contributed by atoms with E-state index in [1.807, 2.05) is 24.6 Å². The lowest BCUT2D eigenvalue weighted by Gasteiger charge is -2.17. The van der Waals surface area contributed by atoms with Crippen LogP contribution in [0.1, 0.15) is 40.6 Å². The largest absolute Gasteiger partial charge is 0.337 e. The summed E-state index contributed by atoms with van der Waals surface area (Å²) in [4.78, 5) is 14.7. The van der Waals surface area contributed by atoms with Gasteiger partial charge in [0.1, 0.15) is 0 Å². The fraction of sp³-hybridized carbons (Fsp3) is 0.312. The Bertz CT molecular complexity index is 528. The number of rotatable bonds is 4. The summed E-state index contributed by atoms with van der Waals surface area (Å²) in [7, 11) is 1.85. The van der Waals surface area contributed by atoms with Crippen LogP contribution in [-0.2, 0) is 6.54 Å². The second-order valence-electron chi connectivity index (χ2n) is 5.03. The summed E-state index contributed by atoms with van der Waals surface area (Å²) in [6.45, 7) is 5.01. The van der Waals surface area contributed by atoms with E-state index in [-0.39, 0.29) is 5.91 Å². The minimum atomic E-state index is 0.0861. The molecule has 2 nitrogen and oxygen atoms in total. The minimum absolute atomic E-state index is 0.0861. The lowest BCUT2D eigenvalue weighted by atomic mass is 10.0. The number of nitrogens with zero attached hydrogens (tertiary/aromatic N) is 1. The molecule has 0 aliphatic rings. The van der Waals surface area contributed by atoms with E-state index in [4.69, 9.17) is 0 Å². The Morgan fingerprint density at radius 2 is 1.89 bits per heavy atom. The first-order valence-electron chi connectivity index (χ1n) is 6.45. The average molecular weight is 273 g/mol. The molecule has 1 aromatic heterocycles. The van der Waals surface area contributed by atoms with Gasteiger partial charge in [-0.05, 0) is 28.5 Å². The Morgan fingerprint density at radius 1 is 1.21 bits per heavy atom. The maximum atomic E-state index is 12.1. The summed E-state index contributed by atoms with van der Waals surface area (Å²) in [6, 6.07) is 12.3. The van der Waals surface area contributed by atoms with E-state index < -0.39 is 0 Å². The maximum Gasteiger partial charge on any atom is 0.263 e. The molecule has 0 fully saturated rings. The number of carbonyl (C=O) groups is 1. The number of carbonyl (C=O) groups excluding carboxylic acids is 1. The van der Waals surface area contributed by atoms with Gasteiger partial charge in [0.25, 0.3) is 5.91 Å². The van der Waals surface area contributed by atoms with Crippen LogP contribution >= 0.6 is 11.3 Å². The van der Waals surface area contributed by atoms with Gasteiger partial charge >= 0.3 is 0 Å². The second kappa shape index (κ2) is 6.02. The van der Waals surface area contributed by atoms with Crippen LogP contribution in [0.4, 0.5) is 0 Å². The van der Waals surface area contributed by atoms with Crippen LogP contribution in [0.2, 0.25) is 0 Å². The molecule has 0 radical (unpaired) electrons. The molecule has 1 amide bonds. The minimum Gasteiger partial charge on any atom is -0.337 e. The molecular formula is C16H19NOS. The predicted octanol–water partition coefficient (Wildman–Crippen LogP) is 4.14. The molecule has 0 unspecified atom stereocenters. The quantitative estimate of drug-likeness (QED) is 0.819. The Labute approximate surface area is 118 Å². The highest BCUT2D eigenvalue weighted by Gasteiger charge is 2.12. The van der Waals surface area contributed by atoms with Crippen LogP contribution in [0, 0.1) is 0 Å². The number of thiophene rings is 1. The Hall–Kier alpha value is -1.61. The standard InChI is InChI=1S/C16H19NOS/c1-12(2)14-8-6-13(7-9-14)11-17(3)16(18)15-5-4-10-19-15/h4-10,12H,11H2,1-3H3. The predicted molar refractivity (Wildman–Crippen MR) is 80.6 cm³/mol. The lowest BCUT2D eigenvalue weighted by molar-refractivity contribution is 0.0790. The molecule has 0 saturated carbocycles. The van der Waals surface area contributed by atoms with Gasteiger partial charge in [-0.25, -0.2) is 0 Å². The molecule has 0 aliphatic heterocycles. The van der Waals surface area contributed by atoms with E-state index in [0.717, 1.165) is 10.4 Å². The third-order valence-corrected chi connectivity index (χ3v) is 4.00. The van der Waals surface area contributed by atoms with Crippen LogP contribution < -0.4 is 0 Å². The van der Waals surface area contributed by atoms with Crippen molar-refractivity contribution >= 4 is 17.2 Å². The van der Waals surface area contributed by atoms with Crippen molar-refractivity contribution in [1.29, 1.82) is 0 Å². The van der Waals surface area contributed by atoms with E-state index in [1.165, 1.54) is 16.9 Å². The van der Waals surface area contributed by atoms with Crippen molar-refractivity contribution in [1.82, 2.24) is 4.90 Å². The Balaban J connectivity index is 2.02. The SMILES string of the molecule is CC(C)c1ccc(CN(C)C(=O)c2cccs2)cc1. The van der Waals surface area contributed by atoms with Gasteiger partial charge in [0.15, 0.2) is 0 Å². The molecule has 19 heavy (non-hydrogen) atoms. The molecule has 2 aromatic rings. The van der Waals surface area contributed by atoms with Crippen molar-refractivity contribution in [3.63, 3.8) is 0 Å². The fourth-order valence-electron chi connectivity index (χ4n) is 1.94. The van der Waals surface area contributed by atoms with Gasteiger partial charge in [0.2, 0.25) is 0 Å².